The molecular formula is C11H15NO4S2. The van der Waals surface area contributed by atoms with Crippen LogP contribution in [0.4, 0.5) is 0 Å². The number of thiophene rings is 1. The molecule has 100 valence electrons. The Balaban J connectivity index is 2.04. The van der Waals surface area contributed by atoms with Crippen LogP contribution in [0, 0.1) is 6.92 Å². The molecule has 18 heavy (non-hydrogen) atoms. The zero-order valence-electron chi connectivity index (χ0n) is 10.0. The minimum absolute atomic E-state index is 0.196. The van der Waals surface area contributed by atoms with E-state index in [4.69, 9.17) is 5.11 Å². The molecule has 0 bridgehead atoms. The summed E-state index contributed by atoms with van der Waals surface area (Å²) in [6, 6.07) is 1.69. The van der Waals surface area contributed by atoms with Crippen LogP contribution in [-0.4, -0.2) is 49.0 Å². The summed E-state index contributed by atoms with van der Waals surface area (Å²) in [5.74, 6) is -0.514. The van der Waals surface area contributed by atoms with E-state index >= 15 is 0 Å². The van der Waals surface area contributed by atoms with Crippen molar-refractivity contribution < 1.29 is 18.3 Å². The van der Waals surface area contributed by atoms with Crippen LogP contribution in [0.15, 0.2) is 6.07 Å². The highest BCUT2D eigenvalue weighted by Gasteiger charge is 2.22. The van der Waals surface area contributed by atoms with E-state index in [1.807, 2.05) is 6.92 Å². The third kappa shape index (κ3) is 3.09. The highest BCUT2D eigenvalue weighted by molar-refractivity contribution is 7.91. The lowest BCUT2D eigenvalue weighted by Crippen LogP contribution is -2.39. The Morgan fingerprint density at radius 2 is 2.06 bits per heavy atom. The molecule has 2 heterocycles. The van der Waals surface area contributed by atoms with Gasteiger partial charge in [-0.2, -0.15) is 0 Å². The van der Waals surface area contributed by atoms with Crippen LogP contribution < -0.4 is 0 Å². The maximum atomic E-state index is 11.3. The minimum Gasteiger partial charge on any atom is -0.477 e. The summed E-state index contributed by atoms with van der Waals surface area (Å²) in [4.78, 5) is 14.2. The van der Waals surface area contributed by atoms with Gasteiger partial charge in [-0.15, -0.1) is 11.3 Å². The molecule has 0 unspecified atom stereocenters. The average molecular weight is 289 g/mol. The molecule has 7 heteroatoms. The maximum absolute atomic E-state index is 11.3. The molecule has 5 nitrogen and oxygen atoms in total. The van der Waals surface area contributed by atoms with Crippen molar-refractivity contribution in [2.24, 2.45) is 0 Å². The van der Waals surface area contributed by atoms with Crippen LogP contribution in [0.3, 0.4) is 0 Å². The van der Waals surface area contributed by atoms with Crippen molar-refractivity contribution in [3.05, 3.63) is 21.4 Å². The average Bonchev–Trinajstić information content (AvgIpc) is 2.64. The lowest BCUT2D eigenvalue weighted by atomic mass is 10.2. The lowest BCUT2D eigenvalue weighted by molar-refractivity contribution is 0.0702. The van der Waals surface area contributed by atoms with Crippen LogP contribution in [0.2, 0.25) is 0 Å². The standard InChI is InChI=1S/C11H15NO4S2/c1-8-9(6-10(17-8)11(13)14)7-12-2-4-18(15,16)5-3-12/h6H,2-5,7H2,1H3,(H,13,14). The van der Waals surface area contributed by atoms with Gasteiger partial charge >= 0.3 is 5.97 Å². The van der Waals surface area contributed by atoms with E-state index in [0.29, 0.717) is 24.5 Å². The summed E-state index contributed by atoms with van der Waals surface area (Å²) in [5, 5.41) is 8.91. The highest BCUT2D eigenvalue weighted by atomic mass is 32.2. The fourth-order valence-corrected chi connectivity index (χ4v) is 4.08. The zero-order chi connectivity index (χ0) is 13.3. The van der Waals surface area contributed by atoms with Gasteiger partial charge in [0.05, 0.1) is 11.5 Å². The molecule has 0 aliphatic carbocycles. The summed E-state index contributed by atoms with van der Waals surface area (Å²) >= 11 is 1.27. The highest BCUT2D eigenvalue weighted by Crippen LogP contribution is 2.23. The number of aromatic carboxylic acids is 1. The SMILES string of the molecule is Cc1sc(C(=O)O)cc1CN1CCS(=O)(=O)CC1. The predicted molar refractivity (Wildman–Crippen MR) is 69.9 cm³/mol. The second-order valence-electron chi connectivity index (χ2n) is 4.43. The fraction of sp³-hybridized carbons (Fsp3) is 0.545. The van der Waals surface area contributed by atoms with Gasteiger partial charge in [0.15, 0.2) is 9.84 Å². The van der Waals surface area contributed by atoms with Gasteiger partial charge in [0, 0.05) is 24.5 Å². The Morgan fingerprint density at radius 3 is 2.56 bits per heavy atom. The zero-order valence-corrected chi connectivity index (χ0v) is 11.7. The van der Waals surface area contributed by atoms with Crippen molar-refractivity contribution in [2.75, 3.05) is 24.6 Å². The number of hydrogen-bond donors (Lipinski definition) is 1. The first-order valence-corrected chi connectivity index (χ1v) is 8.26. The maximum Gasteiger partial charge on any atom is 0.345 e. The van der Waals surface area contributed by atoms with Crippen LogP contribution in [0.1, 0.15) is 20.1 Å². The van der Waals surface area contributed by atoms with Gasteiger partial charge in [-0.1, -0.05) is 0 Å². The number of nitrogens with zero attached hydrogens (tertiary/aromatic N) is 1. The molecule has 1 fully saturated rings. The number of carboxylic acid groups (broad SMARTS) is 1. The number of sulfone groups is 1. The van der Waals surface area contributed by atoms with Crippen molar-refractivity contribution in [3.8, 4) is 0 Å². The number of aryl methyl sites for hydroxylation is 1. The van der Waals surface area contributed by atoms with Crippen molar-refractivity contribution in [1.82, 2.24) is 4.90 Å². The molecule has 0 spiro atoms. The topological polar surface area (TPSA) is 74.7 Å². The number of carbonyl (C=O) groups is 1. The van der Waals surface area contributed by atoms with Gasteiger partial charge in [0.2, 0.25) is 0 Å². The molecule has 0 amide bonds. The molecule has 2 rings (SSSR count). The molecule has 1 aromatic heterocycles. The third-order valence-corrected chi connectivity index (χ3v) is 5.75. The Bertz CT molecular complexity index is 548. The Kier molecular flexibility index (Phi) is 3.74. The van der Waals surface area contributed by atoms with Crippen LogP contribution in [-0.2, 0) is 16.4 Å². The third-order valence-electron chi connectivity index (χ3n) is 3.06. The van der Waals surface area contributed by atoms with E-state index in [2.05, 4.69) is 4.90 Å². The summed E-state index contributed by atoms with van der Waals surface area (Å²) in [7, 11) is -2.86. The summed E-state index contributed by atoms with van der Waals surface area (Å²) in [5.41, 5.74) is 0.983. The molecule has 0 atom stereocenters. The van der Waals surface area contributed by atoms with E-state index in [-0.39, 0.29) is 11.5 Å². The largest absolute Gasteiger partial charge is 0.477 e. The molecular weight excluding hydrogens is 274 g/mol. The smallest absolute Gasteiger partial charge is 0.345 e. The van der Waals surface area contributed by atoms with E-state index < -0.39 is 15.8 Å². The number of carboxylic acids is 1. The normalized spacial score (nSPS) is 19.8. The van der Waals surface area contributed by atoms with E-state index in [0.717, 1.165) is 10.4 Å². The van der Waals surface area contributed by atoms with Crippen LogP contribution in [0.5, 0.6) is 0 Å². The predicted octanol–water partition coefficient (Wildman–Crippen LogP) is 0.985. The van der Waals surface area contributed by atoms with Gasteiger partial charge in [0.25, 0.3) is 0 Å². The molecule has 0 aromatic carbocycles. The lowest BCUT2D eigenvalue weighted by Gasteiger charge is -2.26. The van der Waals surface area contributed by atoms with Crippen molar-refractivity contribution in [3.63, 3.8) is 0 Å². The quantitative estimate of drug-likeness (QED) is 0.898. The second kappa shape index (κ2) is 4.99. The second-order valence-corrected chi connectivity index (χ2v) is 7.99. The molecule has 1 aliphatic rings. The van der Waals surface area contributed by atoms with Gasteiger partial charge in [-0.05, 0) is 18.6 Å². The number of rotatable bonds is 3. The number of hydrogen-bond acceptors (Lipinski definition) is 5. The first-order chi connectivity index (χ1) is 8.37. The van der Waals surface area contributed by atoms with E-state index in [9.17, 15) is 13.2 Å². The summed E-state index contributed by atoms with van der Waals surface area (Å²) < 4.78 is 22.6. The van der Waals surface area contributed by atoms with E-state index in [1.165, 1.54) is 11.3 Å². The van der Waals surface area contributed by atoms with Gasteiger partial charge in [-0.3, -0.25) is 4.90 Å². The Morgan fingerprint density at radius 1 is 1.44 bits per heavy atom. The Hall–Kier alpha value is -0.920. The Labute approximate surface area is 110 Å². The van der Waals surface area contributed by atoms with Crippen LogP contribution in [0.25, 0.3) is 0 Å². The summed E-state index contributed by atoms with van der Waals surface area (Å²) in [6.07, 6.45) is 0. The minimum atomic E-state index is -2.86. The molecule has 1 aliphatic heterocycles. The van der Waals surface area contributed by atoms with Gasteiger partial charge < -0.3 is 5.11 Å². The summed E-state index contributed by atoms with van der Waals surface area (Å²) in [6.45, 7) is 3.58. The molecule has 0 radical (unpaired) electrons. The molecule has 1 N–H and O–H groups in total. The van der Waals surface area contributed by atoms with Crippen molar-refractivity contribution in [2.45, 2.75) is 13.5 Å². The monoisotopic (exact) mass is 289 g/mol. The molecule has 1 saturated heterocycles. The van der Waals surface area contributed by atoms with Crippen LogP contribution >= 0.6 is 11.3 Å². The van der Waals surface area contributed by atoms with Crippen molar-refractivity contribution in [1.29, 1.82) is 0 Å². The van der Waals surface area contributed by atoms with Crippen molar-refractivity contribution >= 4 is 27.1 Å². The first-order valence-electron chi connectivity index (χ1n) is 5.63. The van der Waals surface area contributed by atoms with E-state index in [1.54, 1.807) is 6.07 Å². The molecule has 1 aromatic rings. The fourth-order valence-electron chi connectivity index (χ4n) is 1.93. The molecule has 0 saturated carbocycles. The van der Waals surface area contributed by atoms with Gasteiger partial charge in [-0.25, -0.2) is 13.2 Å². The van der Waals surface area contributed by atoms with Gasteiger partial charge in [0.1, 0.15) is 4.88 Å². The first kappa shape index (κ1) is 13.5.